The van der Waals surface area contributed by atoms with E-state index in [1.807, 2.05) is 0 Å². The molecule has 15 nitrogen and oxygen atoms in total. The van der Waals surface area contributed by atoms with Gasteiger partial charge in [-0.25, -0.2) is 9.59 Å². The summed E-state index contributed by atoms with van der Waals surface area (Å²) >= 11 is 0. The van der Waals surface area contributed by atoms with E-state index in [1.165, 1.54) is 39.8 Å². The van der Waals surface area contributed by atoms with Crippen molar-refractivity contribution in [3.8, 4) is 23.0 Å². The molecule has 15 heteroatoms. The number of aromatic hydroxyl groups is 4. The van der Waals surface area contributed by atoms with Crippen molar-refractivity contribution in [3.05, 3.63) is 46.5 Å². The fourth-order valence-electron chi connectivity index (χ4n) is 4.91. The molecule has 0 aliphatic carbocycles. The maximum Gasteiger partial charge on any atom is 0.342 e. The van der Waals surface area contributed by atoms with Crippen LogP contribution in [0, 0.1) is 0 Å². The van der Waals surface area contributed by atoms with Gasteiger partial charge in [0.15, 0.2) is 0 Å². The number of aliphatic hydroxyl groups excluding tert-OH is 1. The molecule has 0 bridgehead atoms. The molecule has 0 amide bonds. The number of phenolic OH excluding ortho intramolecular Hbond substituents is 4. The van der Waals surface area contributed by atoms with E-state index in [-0.39, 0.29) is 46.6 Å². The second-order valence-electron chi connectivity index (χ2n) is 11.4. The van der Waals surface area contributed by atoms with Crippen LogP contribution < -0.4 is 0 Å². The molecule has 1 aliphatic rings. The van der Waals surface area contributed by atoms with Gasteiger partial charge in [-0.3, -0.25) is 14.4 Å². The van der Waals surface area contributed by atoms with Crippen molar-refractivity contribution in [2.45, 2.75) is 90.3 Å². The molecule has 0 aromatic heterocycles. The first-order chi connectivity index (χ1) is 22.0. The predicted octanol–water partition coefficient (Wildman–Crippen LogP) is 2.34. The number of esters is 5. The van der Waals surface area contributed by atoms with Crippen molar-refractivity contribution >= 4 is 29.8 Å². The van der Waals surface area contributed by atoms with Gasteiger partial charge in [-0.05, 0) is 51.0 Å². The van der Waals surface area contributed by atoms with E-state index in [0.29, 0.717) is 0 Å². The normalized spacial score (nSPS) is 24.5. The number of phenols is 4. The Labute approximate surface area is 269 Å². The molecule has 256 valence electrons. The molecule has 47 heavy (non-hydrogen) atoms. The van der Waals surface area contributed by atoms with Gasteiger partial charge < -0.3 is 49.2 Å². The Hall–Kier alpha value is -5.05. The summed E-state index contributed by atoms with van der Waals surface area (Å²) in [7, 11) is 0. The lowest BCUT2D eigenvalue weighted by Crippen LogP contribution is -2.27. The SMILES string of the molecule is C[C@@H]1Cc2cc(O)cc(O)c2C(=O)O[C@H](C)CC(=O)OC[C@@H](O)CC(=O)O[C@H](C)Cc2cc(O)cc(O)c2C(=O)O[C@H](C)CC(=O)O1. The molecule has 3 rings (SSSR count). The molecule has 0 fully saturated rings. The highest BCUT2D eigenvalue weighted by atomic mass is 16.6. The summed E-state index contributed by atoms with van der Waals surface area (Å²) in [6.07, 6.45) is -7.17. The van der Waals surface area contributed by atoms with Gasteiger partial charge in [-0.2, -0.15) is 0 Å². The fraction of sp³-hybridized carbons (Fsp3) is 0.469. The van der Waals surface area contributed by atoms with Crippen LogP contribution >= 0.6 is 0 Å². The summed E-state index contributed by atoms with van der Waals surface area (Å²) in [6.45, 7) is 5.15. The van der Waals surface area contributed by atoms with Gasteiger partial charge >= 0.3 is 29.8 Å². The number of aliphatic hydroxyl groups is 1. The van der Waals surface area contributed by atoms with Gasteiger partial charge in [-0.15, -0.1) is 0 Å². The highest BCUT2D eigenvalue weighted by molar-refractivity contribution is 5.95. The zero-order valence-corrected chi connectivity index (χ0v) is 26.3. The molecule has 5 atom stereocenters. The molecule has 5 N–H and O–H groups in total. The third-order valence-corrected chi connectivity index (χ3v) is 6.82. The molecule has 0 saturated heterocycles. The van der Waals surface area contributed by atoms with Crippen LogP contribution in [0.5, 0.6) is 23.0 Å². The van der Waals surface area contributed by atoms with Gasteiger partial charge in [0.2, 0.25) is 0 Å². The minimum atomic E-state index is -1.45. The third-order valence-electron chi connectivity index (χ3n) is 6.82. The number of hydrogen-bond donors (Lipinski definition) is 5. The van der Waals surface area contributed by atoms with Crippen molar-refractivity contribution in [2.75, 3.05) is 6.61 Å². The second kappa shape index (κ2) is 16.0. The predicted molar refractivity (Wildman–Crippen MR) is 159 cm³/mol. The Morgan fingerprint density at radius 2 is 0.915 bits per heavy atom. The van der Waals surface area contributed by atoms with Crippen LogP contribution in [0.4, 0.5) is 0 Å². The topological polar surface area (TPSA) is 233 Å². The summed E-state index contributed by atoms with van der Waals surface area (Å²) in [4.78, 5) is 63.5. The molecular formula is C32H38O15. The maximum absolute atomic E-state index is 13.1. The van der Waals surface area contributed by atoms with Crippen molar-refractivity contribution in [1.82, 2.24) is 0 Å². The largest absolute Gasteiger partial charge is 0.508 e. The number of fused-ring (bicyclic) bond motifs is 2. The molecule has 0 unspecified atom stereocenters. The van der Waals surface area contributed by atoms with Crippen molar-refractivity contribution in [3.63, 3.8) is 0 Å². The molecule has 1 heterocycles. The summed E-state index contributed by atoms with van der Waals surface area (Å²) in [6, 6.07) is 4.17. The summed E-state index contributed by atoms with van der Waals surface area (Å²) in [5, 5.41) is 51.1. The molecule has 0 radical (unpaired) electrons. The van der Waals surface area contributed by atoms with E-state index in [9.17, 15) is 49.5 Å². The Balaban J connectivity index is 1.88. The van der Waals surface area contributed by atoms with E-state index in [4.69, 9.17) is 23.7 Å². The number of carbonyl (C=O) groups is 5. The maximum atomic E-state index is 13.1. The van der Waals surface area contributed by atoms with E-state index < -0.39 is 97.7 Å². The second-order valence-corrected chi connectivity index (χ2v) is 11.4. The summed E-state index contributed by atoms with van der Waals surface area (Å²) in [5.41, 5.74) is -0.556. The van der Waals surface area contributed by atoms with Gasteiger partial charge in [0, 0.05) is 25.0 Å². The first-order valence-corrected chi connectivity index (χ1v) is 14.8. The number of rotatable bonds is 0. The Kier molecular flexibility index (Phi) is 12.4. The number of cyclic esters (lactones) is 5. The molecular weight excluding hydrogens is 624 g/mol. The minimum Gasteiger partial charge on any atom is -0.508 e. The van der Waals surface area contributed by atoms with Crippen LogP contribution in [0.2, 0.25) is 0 Å². The monoisotopic (exact) mass is 662 g/mol. The average Bonchev–Trinajstić information content (AvgIpc) is 2.89. The third kappa shape index (κ3) is 10.8. The standard InChI is InChI=1S/C32H38O15/c1-15-5-19-9-21(33)11-24(36)29(19)31(41)46-17(3)7-26(38)43-14-23(35)13-28(40)45-16(2)6-20-10-22(34)12-25(37)30(20)32(42)47-18(4)8-27(39)44-15/h9-12,15-18,23,33-37H,5-8,13-14H2,1-4H3/t15-,16-,17-,18-,23+/m1/s1. The van der Waals surface area contributed by atoms with E-state index >= 15 is 0 Å². The Morgan fingerprint density at radius 1 is 0.532 bits per heavy atom. The molecule has 0 spiro atoms. The van der Waals surface area contributed by atoms with E-state index in [1.54, 1.807) is 0 Å². The zero-order chi connectivity index (χ0) is 35.0. The molecule has 1 aliphatic heterocycles. The lowest BCUT2D eigenvalue weighted by Gasteiger charge is -2.20. The lowest BCUT2D eigenvalue weighted by molar-refractivity contribution is -0.156. The van der Waals surface area contributed by atoms with Crippen LogP contribution in [-0.4, -0.2) is 92.5 Å². The van der Waals surface area contributed by atoms with Crippen molar-refractivity contribution in [2.24, 2.45) is 0 Å². The lowest BCUT2D eigenvalue weighted by atomic mass is 10.00. The average molecular weight is 663 g/mol. The molecule has 2 aromatic carbocycles. The highest BCUT2D eigenvalue weighted by Crippen LogP contribution is 2.31. The Bertz CT molecular complexity index is 1500. The molecule has 2 aromatic rings. The highest BCUT2D eigenvalue weighted by Gasteiger charge is 2.28. The molecule has 0 saturated carbocycles. The van der Waals surface area contributed by atoms with Gasteiger partial charge in [0.1, 0.15) is 65.1 Å². The quantitative estimate of drug-likeness (QED) is 0.201. The van der Waals surface area contributed by atoms with Crippen LogP contribution in [0.15, 0.2) is 24.3 Å². The van der Waals surface area contributed by atoms with Crippen LogP contribution in [0.1, 0.15) is 78.8 Å². The number of ether oxygens (including phenoxy) is 5. The van der Waals surface area contributed by atoms with Crippen LogP contribution in [-0.2, 0) is 50.9 Å². The zero-order valence-electron chi connectivity index (χ0n) is 26.3. The smallest absolute Gasteiger partial charge is 0.342 e. The fourth-order valence-corrected chi connectivity index (χ4v) is 4.91. The first kappa shape index (κ1) is 36.4. The summed E-state index contributed by atoms with van der Waals surface area (Å²) in [5.74, 6) is -6.67. The van der Waals surface area contributed by atoms with E-state index in [2.05, 4.69) is 0 Å². The Morgan fingerprint density at radius 3 is 1.36 bits per heavy atom. The number of carbonyl (C=O) groups excluding carboxylic acids is 5. The van der Waals surface area contributed by atoms with Gasteiger partial charge in [0.25, 0.3) is 0 Å². The number of benzene rings is 2. The van der Waals surface area contributed by atoms with Gasteiger partial charge in [-0.1, -0.05) is 0 Å². The van der Waals surface area contributed by atoms with Crippen LogP contribution in [0.3, 0.4) is 0 Å². The van der Waals surface area contributed by atoms with Crippen LogP contribution in [0.25, 0.3) is 0 Å². The van der Waals surface area contributed by atoms with Gasteiger partial charge in [0.05, 0.1) is 25.4 Å². The van der Waals surface area contributed by atoms with Crippen molar-refractivity contribution < 1.29 is 73.2 Å². The van der Waals surface area contributed by atoms with E-state index in [0.717, 1.165) is 12.1 Å². The van der Waals surface area contributed by atoms with Crippen molar-refractivity contribution in [1.29, 1.82) is 0 Å². The summed E-state index contributed by atoms with van der Waals surface area (Å²) < 4.78 is 26.3. The number of hydrogen-bond acceptors (Lipinski definition) is 15. The first-order valence-electron chi connectivity index (χ1n) is 14.8. The minimum absolute atomic E-state index is 0.0622.